The van der Waals surface area contributed by atoms with Gasteiger partial charge < -0.3 is 9.67 Å². The van der Waals surface area contributed by atoms with E-state index in [1.165, 1.54) is 22.2 Å². The predicted molar refractivity (Wildman–Crippen MR) is 119 cm³/mol. The molecule has 1 saturated carbocycles. The van der Waals surface area contributed by atoms with Crippen LogP contribution in [0.25, 0.3) is 22.2 Å². The first-order valence-electron chi connectivity index (χ1n) is 10.5. The van der Waals surface area contributed by atoms with Gasteiger partial charge in [0, 0.05) is 35.8 Å². The summed E-state index contributed by atoms with van der Waals surface area (Å²) in [6.07, 6.45) is 4.64. The Balaban J connectivity index is 1.52. The Hall–Kier alpha value is -3.40. The molecule has 2 aromatic heterocycles. The number of rotatable bonds is 6. The number of aromatic carboxylic acids is 1. The minimum Gasteiger partial charge on any atom is -0.478 e. The fourth-order valence-corrected chi connectivity index (χ4v) is 4.29. The quantitative estimate of drug-likeness (QED) is 0.442. The molecule has 5 rings (SSSR count). The van der Waals surface area contributed by atoms with Gasteiger partial charge in [-0.05, 0) is 66.6 Å². The number of benzene rings is 2. The van der Waals surface area contributed by atoms with Gasteiger partial charge in [0.2, 0.25) is 0 Å². The molecule has 2 heterocycles. The highest BCUT2D eigenvalue weighted by Crippen LogP contribution is 2.40. The van der Waals surface area contributed by atoms with Crippen LogP contribution >= 0.6 is 0 Å². The summed E-state index contributed by atoms with van der Waals surface area (Å²) >= 11 is 0. The molecule has 0 unspecified atom stereocenters. The molecule has 30 heavy (non-hydrogen) atoms. The topological polar surface area (TPSA) is 55.1 Å². The molecule has 150 valence electrons. The van der Waals surface area contributed by atoms with Crippen LogP contribution in [0.5, 0.6) is 0 Å². The molecule has 0 aliphatic heterocycles. The highest BCUT2D eigenvalue weighted by Gasteiger charge is 2.26. The molecule has 0 saturated heterocycles. The van der Waals surface area contributed by atoms with E-state index in [0.29, 0.717) is 23.6 Å². The monoisotopic (exact) mass is 396 g/mol. The normalized spacial score (nSPS) is 13.6. The maximum Gasteiger partial charge on any atom is 0.337 e. The van der Waals surface area contributed by atoms with Crippen molar-refractivity contribution >= 4 is 16.9 Å². The molecule has 0 atom stereocenters. The van der Waals surface area contributed by atoms with Gasteiger partial charge in [-0.3, -0.25) is 4.98 Å². The molecule has 2 aromatic carbocycles. The number of nitrogens with zero attached hydrogens (tertiary/aromatic N) is 2. The Morgan fingerprint density at radius 2 is 1.90 bits per heavy atom. The Kier molecular flexibility index (Phi) is 4.62. The fraction of sp³-hybridized carbons (Fsp3) is 0.231. The van der Waals surface area contributed by atoms with E-state index in [4.69, 9.17) is 0 Å². The van der Waals surface area contributed by atoms with Gasteiger partial charge in [-0.15, -0.1) is 0 Å². The van der Waals surface area contributed by atoms with Gasteiger partial charge in [0.25, 0.3) is 0 Å². The van der Waals surface area contributed by atoms with Crippen molar-refractivity contribution in [3.05, 3.63) is 89.2 Å². The highest BCUT2D eigenvalue weighted by atomic mass is 16.4. The Morgan fingerprint density at radius 1 is 1.10 bits per heavy atom. The summed E-state index contributed by atoms with van der Waals surface area (Å²) in [6, 6.07) is 20.8. The van der Waals surface area contributed by atoms with Crippen LogP contribution in [0, 0.1) is 0 Å². The van der Waals surface area contributed by atoms with Gasteiger partial charge in [-0.25, -0.2) is 4.79 Å². The van der Waals surface area contributed by atoms with E-state index in [-0.39, 0.29) is 0 Å². The van der Waals surface area contributed by atoms with Gasteiger partial charge >= 0.3 is 5.97 Å². The number of carbonyl (C=O) groups is 1. The summed E-state index contributed by atoms with van der Waals surface area (Å²) in [7, 11) is 0. The van der Waals surface area contributed by atoms with Crippen LogP contribution in [0.4, 0.5) is 0 Å². The second-order valence-corrected chi connectivity index (χ2v) is 8.05. The second-order valence-electron chi connectivity index (χ2n) is 8.05. The van der Waals surface area contributed by atoms with Crippen LogP contribution in [0.1, 0.15) is 52.9 Å². The van der Waals surface area contributed by atoms with Crippen molar-refractivity contribution in [3.8, 4) is 11.3 Å². The van der Waals surface area contributed by atoms with E-state index in [1.807, 2.05) is 18.3 Å². The Bertz CT molecular complexity index is 1240. The molecular weight excluding hydrogens is 372 g/mol. The third-order valence-electron chi connectivity index (χ3n) is 5.99. The molecule has 1 fully saturated rings. The Morgan fingerprint density at radius 3 is 2.60 bits per heavy atom. The third kappa shape index (κ3) is 3.39. The minimum atomic E-state index is -0.899. The fourth-order valence-electron chi connectivity index (χ4n) is 4.29. The summed E-state index contributed by atoms with van der Waals surface area (Å²) in [4.78, 5) is 16.4. The average Bonchev–Trinajstić information content (AvgIpc) is 3.55. The lowest BCUT2D eigenvalue weighted by Gasteiger charge is -2.09. The molecule has 4 nitrogen and oxygen atoms in total. The first-order valence-corrected chi connectivity index (χ1v) is 10.5. The second kappa shape index (κ2) is 7.45. The third-order valence-corrected chi connectivity index (χ3v) is 5.99. The number of pyridine rings is 1. The van der Waals surface area contributed by atoms with E-state index in [2.05, 4.69) is 65.0 Å². The van der Waals surface area contributed by atoms with Crippen LogP contribution in [-0.2, 0) is 13.0 Å². The van der Waals surface area contributed by atoms with Crippen LogP contribution in [0.15, 0.2) is 66.9 Å². The van der Waals surface area contributed by atoms with Gasteiger partial charge in [0.05, 0.1) is 11.3 Å². The van der Waals surface area contributed by atoms with Crippen molar-refractivity contribution in [2.45, 2.75) is 38.6 Å². The predicted octanol–water partition coefficient (Wildman–Crippen LogP) is 5.89. The van der Waals surface area contributed by atoms with E-state index in [1.54, 1.807) is 0 Å². The van der Waals surface area contributed by atoms with Gasteiger partial charge in [0.15, 0.2) is 0 Å². The molecule has 0 radical (unpaired) electrons. The SMILES string of the molecule is CCn1c(-c2ccccc2)cc2cc(Cc3ncc(C4CC4)cc3C(=O)O)ccc21. The Labute approximate surface area is 175 Å². The molecule has 1 aliphatic carbocycles. The van der Waals surface area contributed by atoms with E-state index in [9.17, 15) is 9.90 Å². The molecule has 1 aliphatic rings. The maximum absolute atomic E-state index is 11.8. The summed E-state index contributed by atoms with van der Waals surface area (Å²) in [5.41, 5.74) is 6.67. The molecule has 0 bridgehead atoms. The maximum atomic E-state index is 11.8. The molecular formula is C26H24N2O2. The first kappa shape index (κ1) is 18.6. The van der Waals surface area contributed by atoms with Gasteiger partial charge in [-0.2, -0.15) is 0 Å². The zero-order valence-corrected chi connectivity index (χ0v) is 17.0. The molecule has 1 N–H and O–H groups in total. The van der Waals surface area contributed by atoms with Gasteiger partial charge in [0.1, 0.15) is 0 Å². The standard InChI is InChI=1S/C26H24N2O2/c1-2-28-24-11-8-17(12-20(24)15-25(28)19-6-4-3-5-7-19)13-23-22(26(29)30)14-21(16-27-23)18-9-10-18/h3-8,11-12,14-16,18H,2,9-10,13H2,1H3,(H,29,30). The van der Waals surface area contributed by atoms with E-state index >= 15 is 0 Å². The number of aromatic nitrogens is 2. The molecule has 4 aromatic rings. The smallest absolute Gasteiger partial charge is 0.337 e. The van der Waals surface area contributed by atoms with Crippen LogP contribution in [-0.4, -0.2) is 20.6 Å². The zero-order chi connectivity index (χ0) is 20.7. The zero-order valence-electron chi connectivity index (χ0n) is 17.0. The summed E-state index contributed by atoms with van der Waals surface area (Å²) in [5.74, 6) is -0.407. The minimum absolute atomic E-state index is 0.329. The number of hydrogen-bond acceptors (Lipinski definition) is 2. The van der Waals surface area contributed by atoms with Crippen LogP contribution < -0.4 is 0 Å². The highest BCUT2D eigenvalue weighted by molar-refractivity contribution is 5.90. The lowest BCUT2D eigenvalue weighted by molar-refractivity contribution is 0.0695. The van der Waals surface area contributed by atoms with Crippen LogP contribution in [0.3, 0.4) is 0 Å². The van der Waals surface area contributed by atoms with E-state index < -0.39 is 5.97 Å². The molecule has 4 heteroatoms. The van der Waals surface area contributed by atoms with Gasteiger partial charge in [-0.1, -0.05) is 36.4 Å². The van der Waals surface area contributed by atoms with Crippen molar-refractivity contribution in [3.63, 3.8) is 0 Å². The largest absolute Gasteiger partial charge is 0.478 e. The van der Waals surface area contributed by atoms with Crippen molar-refractivity contribution < 1.29 is 9.90 Å². The summed E-state index contributed by atoms with van der Waals surface area (Å²) in [6.45, 7) is 3.05. The number of aryl methyl sites for hydroxylation is 1. The van der Waals surface area contributed by atoms with Crippen molar-refractivity contribution in [2.24, 2.45) is 0 Å². The summed E-state index contributed by atoms with van der Waals surface area (Å²) < 4.78 is 2.32. The number of carboxylic acids is 1. The lowest BCUT2D eigenvalue weighted by Crippen LogP contribution is -2.07. The molecule has 0 amide bonds. The number of carboxylic acid groups (broad SMARTS) is 1. The van der Waals surface area contributed by atoms with Crippen molar-refractivity contribution in [1.29, 1.82) is 0 Å². The number of hydrogen-bond donors (Lipinski definition) is 1. The van der Waals surface area contributed by atoms with Crippen molar-refractivity contribution in [1.82, 2.24) is 9.55 Å². The number of fused-ring (bicyclic) bond motifs is 1. The van der Waals surface area contributed by atoms with Crippen molar-refractivity contribution in [2.75, 3.05) is 0 Å². The lowest BCUT2D eigenvalue weighted by atomic mass is 10.0. The summed E-state index contributed by atoms with van der Waals surface area (Å²) in [5, 5.41) is 10.9. The van der Waals surface area contributed by atoms with E-state index in [0.717, 1.165) is 30.5 Å². The first-order chi connectivity index (χ1) is 14.6. The molecule has 0 spiro atoms. The van der Waals surface area contributed by atoms with Crippen LogP contribution in [0.2, 0.25) is 0 Å². The average molecular weight is 396 g/mol.